The first-order valence-corrected chi connectivity index (χ1v) is 9.28. The molecule has 0 aliphatic heterocycles. The maximum Gasteiger partial charge on any atom is 0.261 e. The fourth-order valence-electron chi connectivity index (χ4n) is 3.51. The van der Waals surface area contributed by atoms with E-state index in [9.17, 15) is 9.90 Å². The average molecular weight is 367 g/mol. The van der Waals surface area contributed by atoms with Crippen molar-refractivity contribution in [2.75, 3.05) is 5.32 Å². The molecule has 4 aromatic rings. The number of amides is 1. The van der Waals surface area contributed by atoms with Crippen molar-refractivity contribution in [2.45, 2.75) is 12.0 Å². The number of carbonyl (C=O) groups excluding carboxylic acids is 1. The number of benzene rings is 4. The Bertz CT molecular complexity index is 1090. The number of aliphatic hydroxyl groups is 1. The molecule has 2 N–H and O–H groups in total. The van der Waals surface area contributed by atoms with Crippen molar-refractivity contribution in [1.29, 1.82) is 0 Å². The van der Waals surface area contributed by atoms with Crippen LogP contribution in [-0.2, 0) is 16.8 Å². The van der Waals surface area contributed by atoms with Gasteiger partial charge in [0.2, 0.25) is 0 Å². The first-order valence-electron chi connectivity index (χ1n) is 9.28. The van der Waals surface area contributed by atoms with E-state index in [1.54, 1.807) is 24.3 Å². The summed E-state index contributed by atoms with van der Waals surface area (Å²) in [6.07, 6.45) is 0.178. The highest BCUT2D eigenvalue weighted by atomic mass is 16.3. The zero-order chi connectivity index (χ0) is 19.4. The lowest BCUT2D eigenvalue weighted by Crippen LogP contribution is -2.42. The molecule has 0 aliphatic carbocycles. The highest BCUT2D eigenvalue weighted by Gasteiger charge is 2.38. The molecule has 138 valence electrons. The van der Waals surface area contributed by atoms with Crippen molar-refractivity contribution in [3.05, 3.63) is 114 Å². The lowest BCUT2D eigenvalue weighted by molar-refractivity contribution is -0.135. The Morgan fingerprint density at radius 3 is 2.11 bits per heavy atom. The monoisotopic (exact) mass is 367 g/mol. The summed E-state index contributed by atoms with van der Waals surface area (Å²) in [5.41, 5.74) is 0.449. The van der Waals surface area contributed by atoms with E-state index in [-0.39, 0.29) is 6.42 Å². The van der Waals surface area contributed by atoms with Crippen LogP contribution in [0.4, 0.5) is 5.69 Å². The molecule has 0 spiro atoms. The number of nitrogens with one attached hydrogen (secondary N) is 1. The Balaban J connectivity index is 1.76. The normalized spacial score (nSPS) is 13.0. The van der Waals surface area contributed by atoms with Gasteiger partial charge in [0, 0.05) is 12.1 Å². The molecule has 3 nitrogen and oxygen atoms in total. The summed E-state index contributed by atoms with van der Waals surface area (Å²) in [5, 5.41) is 16.6. The first kappa shape index (κ1) is 18.0. The standard InChI is InChI=1S/C25H21NO2/c27-24(26-22-15-5-2-6-16-22)25(28,21-13-3-1-4-14-21)18-20-12-9-11-19-10-7-8-17-23(19)20/h1-17,28H,18H2,(H,26,27)/t25-/m0/s1. The van der Waals surface area contributed by atoms with Gasteiger partial charge in [0.25, 0.3) is 5.91 Å². The third kappa shape index (κ3) is 3.53. The highest BCUT2D eigenvalue weighted by Crippen LogP contribution is 2.31. The Hall–Kier alpha value is -3.43. The SMILES string of the molecule is O=C(Nc1ccccc1)[C@](O)(Cc1cccc2ccccc12)c1ccccc1. The Labute approximate surface area is 164 Å². The fourth-order valence-corrected chi connectivity index (χ4v) is 3.51. The molecule has 0 aliphatic rings. The van der Waals surface area contributed by atoms with Gasteiger partial charge < -0.3 is 10.4 Å². The molecule has 0 saturated carbocycles. The first-order chi connectivity index (χ1) is 13.7. The molecule has 0 saturated heterocycles. The van der Waals surface area contributed by atoms with E-state index in [1.165, 1.54) is 0 Å². The van der Waals surface area contributed by atoms with Crippen molar-refractivity contribution >= 4 is 22.4 Å². The van der Waals surface area contributed by atoms with Crippen molar-refractivity contribution in [2.24, 2.45) is 0 Å². The molecular formula is C25H21NO2. The summed E-state index contributed by atoms with van der Waals surface area (Å²) < 4.78 is 0. The second kappa shape index (κ2) is 7.67. The van der Waals surface area contributed by atoms with Crippen LogP contribution in [0.1, 0.15) is 11.1 Å². The molecule has 3 heteroatoms. The number of rotatable bonds is 5. The molecule has 0 fully saturated rings. The lowest BCUT2D eigenvalue weighted by Gasteiger charge is -2.28. The van der Waals surface area contributed by atoms with Crippen LogP contribution in [0.3, 0.4) is 0 Å². The van der Waals surface area contributed by atoms with Gasteiger partial charge in [-0.1, -0.05) is 91.0 Å². The highest BCUT2D eigenvalue weighted by molar-refractivity contribution is 5.98. The molecule has 0 heterocycles. The smallest absolute Gasteiger partial charge is 0.261 e. The third-order valence-electron chi connectivity index (χ3n) is 4.98. The van der Waals surface area contributed by atoms with Gasteiger partial charge in [0.05, 0.1) is 0 Å². The number of para-hydroxylation sites is 1. The second-order valence-corrected chi connectivity index (χ2v) is 6.86. The van der Waals surface area contributed by atoms with Gasteiger partial charge >= 0.3 is 0 Å². The van der Waals surface area contributed by atoms with E-state index >= 15 is 0 Å². The van der Waals surface area contributed by atoms with Gasteiger partial charge in [0.1, 0.15) is 0 Å². The Morgan fingerprint density at radius 2 is 1.36 bits per heavy atom. The van der Waals surface area contributed by atoms with Crippen LogP contribution < -0.4 is 5.32 Å². The molecule has 28 heavy (non-hydrogen) atoms. The summed E-state index contributed by atoms with van der Waals surface area (Å²) >= 11 is 0. The van der Waals surface area contributed by atoms with E-state index in [0.29, 0.717) is 11.3 Å². The van der Waals surface area contributed by atoms with Crippen LogP contribution in [0, 0.1) is 0 Å². The molecule has 0 bridgehead atoms. The molecule has 4 rings (SSSR count). The van der Waals surface area contributed by atoms with Gasteiger partial charge in [-0.05, 0) is 34.0 Å². The third-order valence-corrected chi connectivity index (χ3v) is 4.98. The number of carbonyl (C=O) groups is 1. The van der Waals surface area contributed by atoms with E-state index in [2.05, 4.69) is 5.32 Å². The van der Waals surface area contributed by atoms with E-state index < -0.39 is 11.5 Å². The van der Waals surface area contributed by atoms with Crippen LogP contribution in [0.2, 0.25) is 0 Å². The quantitative estimate of drug-likeness (QED) is 0.527. The van der Waals surface area contributed by atoms with Crippen LogP contribution in [0.5, 0.6) is 0 Å². The van der Waals surface area contributed by atoms with Gasteiger partial charge in [0.15, 0.2) is 5.60 Å². The molecule has 1 amide bonds. The summed E-state index contributed by atoms with van der Waals surface area (Å²) in [4.78, 5) is 13.2. The van der Waals surface area contributed by atoms with Crippen molar-refractivity contribution in [1.82, 2.24) is 0 Å². The van der Waals surface area contributed by atoms with E-state index in [1.807, 2.05) is 78.9 Å². The fraction of sp³-hybridized carbons (Fsp3) is 0.0800. The van der Waals surface area contributed by atoms with Gasteiger partial charge in [-0.2, -0.15) is 0 Å². The number of hydrogen-bond acceptors (Lipinski definition) is 2. The summed E-state index contributed by atoms with van der Waals surface area (Å²) in [6, 6.07) is 32.3. The topological polar surface area (TPSA) is 49.3 Å². The molecule has 1 atom stereocenters. The minimum atomic E-state index is -1.69. The Morgan fingerprint density at radius 1 is 0.750 bits per heavy atom. The van der Waals surface area contributed by atoms with Gasteiger partial charge in [-0.25, -0.2) is 0 Å². The second-order valence-electron chi connectivity index (χ2n) is 6.86. The molecular weight excluding hydrogens is 346 g/mol. The van der Waals surface area contributed by atoms with Gasteiger partial charge in [-0.15, -0.1) is 0 Å². The van der Waals surface area contributed by atoms with E-state index in [4.69, 9.17) is 0 Å². The molecule has 0 radical (unpaired) electrons. The predicted molar refractivity (Wildman–Crippen MR) is 113 cm³/mol. The minimum absolute atomic E-state index is 0.178. The summed E-state index contributed by atoms with van der Waals surface area (Å²) in [7, 11) is 0. The van der Waals surface area contributed by atoms with E-state index in [0.717, 1.165) is 16.3 Å². The zero-order valence-electron chi connectivity index (χ0n) is 15.4. The zero-order valence-corrected chi connectivity index (χ0v) is 15.4. The number of fused-ring (bicyclic) bond motifs is 1. The van der Waals surface area contributed by atoms with Crippen LogP contribution in [0.25, 0.3) is 10.8 Å². The average Bonchev–Trinajstić information content (AvgIpc) is 2.75. The van der Waals surface area contributed by atoms with Crippen LogP contribution in [0.15, 0.2) is 103 Å². The van der Waals surface area contributed by atoms with Crippen molar-refractivity contribution in [3.8, 4) is 0 Å². The van der Waals surface area contributed by atoms with Crippen molar-refractivity contribution in [3.63, 3.8) is 0 Å². The maximum atomic E-state index is 13.2. The van der Waals surface area contributed by atoms with Crippen molar-refractivity contribution < 1.29 is 9.90 Å². The Kier molecular flexibility index (Phi) is 4.92. The van der Waals surface area contributed by atoms with Crippen LogP contribution >= 0.6 is 0 Å². The van der Waals surface area contributed by atoms with Crippen LogP contribution in [-0.4, -0.2) is 11.0 Å². The molecule has 4 aromatic carbocycles. The minimum Gasteiger partial charge on any atom is -0.375 e. The summed E-state index contributed by atoms with van der Waals surface area (Å²) in [6.45, 7) is 0. The predicted octanol–water partition coefficient (Wildman–Crippen LogP) is 4.91. The number of hydrogen-bond donors (Lipinski definition) is 2. The van der Waals surface area contributed by atoms with Gasteiger partial charge in [-0.3, -0.25) is 4.79 Å². The largest absolute Gasteiger partial charge is 0.375 e. The number of anilines is 1. The maximum absolute atomic E-state index is 13.2. The molecule has 0 unspecified atom stereocenters. The summed E-state index contributed by atoms with van der Waals surface area (Å²) in [5.74, 6) is -0.446. The molecule has 0 aromatic heterocycles. The lowest BCUT2D eigenvalue weighted by atomic mass is 9.84.